The van der Waals surface area contributed by atoms with Gasteiger partial charge in [-0.05, 0) is 30.0 Å². The summed E-state index contributed by atoms with van der Waals surface area (Å²) < 4.78 is 25.8. The number of aromatic nitrogens is 2. The number of hydrogen-bond acceptors (Lipinski definition) is 4. The summed E-state index contributed by atoms with van der Waals surface area (Å²) in [5.74, 6) is 0.147. The standard InChI is InChI=1S/C21H25N3O3S/c1-15(2)13-18(16-9-5-4-6-10-16)22-20(25)14-24-19-12-8-7-11-17(19)23-21(24)28(3,26)27/h4-12,15,18H,13-14H2,1-3H3,(H,22,25). The van der Waals surface area contributed by atoms with Crippen molar-refractivity contribution in [1.82, 2.24) is 14.9 Å². The molecule has 0 saturated carbocycles. The van der Waals surface area contributed by atoms with Gasteiger partial charge in [-0.3, -0.25) is 4.79 Å². The SMILES string of the molecule is CC(C)CC(NC(=O)Cn1c(S(C)(=O)=O)nc2ccccc21)c1ccccc1. The van der Waals surface area contributed by atoms with Crippen molar-refractivity contribution in [2.24, 2.45) is 5.92 Å². The van der Waals surface area contributed by atoms with Crippen LogP contribution in [0.1, 0.15) is 31.9 Å². The number of benzene rings is 2. The number of nitrogens with one attached hydrogen (secondary N) is 1. The topological polar surface area (TPSA) is 81.1 Å². The Bertz CT molecular complexity index is 1070. The van der Waals surface area contributed by atoms with E-state index in [0.29, 0.717) is 17.0 Å². The van der Waals surface area contributed by atoms with Crippen molar-refractivity contribution in [2.75, 3.05) is 6.26 Å². The van der Waals surface area contributed by atoms with Crippen molar-refractivity contribution in [3.05, 3.63) is 60.2 Å². The van der Waals surface area contributed by atoms with Crippen LogP contribution in [-0.2, 0) is 21.2 Å². The Morgan fingerprint density at radius 2 is 1.71 bits per heavy atom. The third-order valence-electron chi connectivity index (χ3n) is 4.50. The Labute approximate surface area is 165 Å². The zero-order valence-electron chi connectivity index (χ0n) is 16.3. The van der Waals surface area contributed by atoms with Crippen molar-refractivity contribution in [3.8, 4) is 0 Å². The van der Waals surface area contributed by atoms with E-state index in [9.17, 15) is 13.2 Å². The van der Waals surface area contributed by atoms with Crippen LogP contribution in [0.25, 0.3) is 11.0 Å². The highest BCUT2D eigenvalue weighted by molar-refractivity contribution is 7.90. The molecule has 0 aliphatic heterocycles. The highest BCUT2D eigenvalue weighted by atomic mass is 32.2. The fraction of sp³-hybridized carbons (Fsp3) is 0.333. The van der Waals surface area contributed by atoms with Crippen LogP contribution in [0.3, 0.4) is 0 Å². The Hall–Kier alpha value is -2.67. The number of sulfone groups is 1. The summed E-state index contributed by atoms with van der Waals surface area (Å²) in [6, 6.07) is 16.8. The van der Waals surface area contributed by atoms with Crippen LogP contribution in [0.2, 0.25) is 0 Å². The van der Waals surface area contributed by atoms with E-state index in [4.69, 9.17) is 0 Å². The summed E-state index contributed by atoms with van der Waals surface area (Å²) in [6.07, 6.45) is 1.90. The van der Waals surface area contributed by atoms with E-state index >= 15 is 0 Å². The van der Waals surface area contributed by atoms with Crippen molar-refractivity contribution >= 4 is 26.8 Å². The molecular weight excluding hydrogens is 374 g/mol. The molecule has 1 N–H and O–H groups in total. The van der Waals surface area contributed by atoms with Gasteiger partial charge in [0.25, 0.3) is 0 Å². The minimum Gasteiger partial charge on any atom is -0.348 e. The minimum atomic E-state index is -3.57. The Kier molecular flexibility index (Phi) is 5.84. The molecule has 1 atom stereocenters. The predicted octanol–water partition coefficient (Wildman–Crippen LogP) is 3.34. The maximum atomic E-state index is 12.8. The molecule has 28 heavy (non-hydrogen) atoms. The monoisotopic (exact) mass is 399 g/mol. The van der Waals surface area contributed by atoms with Gasteiger partial charge in [-0.25, -0.2) is 13.4 Å². The van der Waals surface area contributed by atoms with E-state index < -0.39 is 9.84 Å². The van der Waals surface area contributed by atoms with Crippen LogP contribution in [0, 0.1) is 5.92 Å². The van der Waals surface area contributed by atoms with Crippen molar-refractivity contribution in [3.63, 3.8) is 0 Å². The van der Waals surface area contributed by atoms with Crippen LogP contribution in [-0.4, -0.2) is 30.1 Å². The second-order valence-corrected chi connectivity index (χ2v) is 9.31. The molecule has 0 fully saturated rings. The van der Waals surface area contributed by atoms with Crippen LogP contribution in [0.4, 0.5) is 0 Å². The first-order chi connectivity index (χ1) is 13.3. The molecule has 0 aliphatic rings. The summed E-state index contributed by atoms with van der Waals surface area (Å²) in [5, 5.41) is 2.97. The molecule has 1 heterocycles. The lowest BCUT2D eigenvalue weighted by atomic mass is 9.97. The Morgan fingerprint density at radius 3 is 2.36 bits per heavy atom. The van der Waals surface area contributed by atoms with Gasteiger partial charge in [0.15, 0.2) is 0 Å². The third kappa shape index (κ3) is 4.59. The number of para-hydroxylation sites is 2. The van der Waals surface area contributed by atoms with E-state index in [2.05, 4.69) is 24.1 Å². The minimum absolute atomic E-state index is 0.0935. The molecule has 0 spiro atoms. The van der Waals surface area contributed by atoms with Crippen molar-refractivity contribution in [2.45, 2.75) is 38.0 Å². The van der Waals surface area contributed by atoms with Crippen molar-refractivity contribution in [1.29, 1.82) is 0 Å². The summed E-state index contributed by atoms with van der Waals surface area (Å²) in [5.41, 5.74) is 2.21. The van der Waals surface area contributed by atoms with Crippen LogP contribution < -0.4 is 5.32 Å². The van der Waals surface area contributed by atoms with E-state index in [1.54, 1.807) is 24.3 Å². The lowest BCUT2D eigenvalue weighted by Crippen LogP contribution is -2.33. The molecule has 0 radical (unpaired) electrons. The highest BCUT2D eigenvalue weighted by Gasteiger charge is 2.22. The average Bonchev–Trinajstić information content (AvgIpc) is 3.00. The number of amides is 1. The smallest absolute Gasteiger partial charge is 0.240 e. The van der Waals surface area contributed by atoms with Crippen LogP contribution >= 0.6 is 0 Å². The van der Waals surface area contributed by atoms with Crippen molar-refractivity contribution < 1.29 is 13.2 Å². The fourth-order valence-corrected chi connectivity index (χ4v) is 4.14. The molecule has 1 unspecified atom stereocenters. The van der Waals surface area contributed by atoms with Gasteiger partial charge < -0.3 is 9.88 Å². The Morgan fingerprint density at radius 1 is 1.07 bits per heavy atom. The molecule has 0 aliphatic carbocycles. The van der Waals surface area contributed by atoms with Gasteiger partial charge in [0.1, 0.15) is 6.54 Å². The molecule has 3 aromatic rings. The average molecular weight is 400 g/mol. The molecule has 1 amide bonds. The van der Waals surface area contributed by atoms with Gasteiger partial charge in [0.05, 0.1) is 17.1 Å². The lowest BCUT2D eigenvalue weighted by Gasteiger charge is -2.21. The van der Waals surface area contributed by atoms with Gasteiger partial charge in [0.2, 0.25) is 20.9 Å². The number of fused-ring (bicyclic) bond motifs is 1. The van der Waals surface area contributed by atoms with Gasteiger partial charge in [-0.2, -0.15) is 0 Å². The maximum absolute atomic E-state index is 12.8. The number of hydrogen-bond donors (Lipinski definition) is 1. The first-order valence-electron chi connectivity index (χ1n) is 9.25. The summed E-state index contributed by atoms with van der Waals surface area (Å²) in [6.45, 7) is 4.10. The van der Waals surface area contributed by atoms with Gasteiger partial charge >= 0.3 is 0 Å². The van der Waals surface area contributed by atoms with E-state index in [0.717, 1.165) is 18.2 Å². The lowest BCUT2D eigenvalue weighted by molar-refractivity contribution is -0.122. The molecule has 2 aromatic carbocycles. The molecule has 0 bridgehead atoms. The zero-order chi connectivity index (χ0) is 20.3. The highest BCUT2D eigenvalue weighted by Crippen LogP contribution is 2.22. The number of carbonyl (C=O) groups excluding carboxylic acids is 1. The summed E-state index contributed by atoms with van der Waals surface area (Å²) >= 11 is 0. The number of nitrogens with zero attached hydrogens (tertiary/aromatic N) is 2. The quantitative estimate of drug-likeness (QED) is 0.661. The van der Waals surface area contributed by atoms with E-state index in [1.807, 2.05) is 30.3 Å². The Balaban J connectivity index is 1.90. The third-order valence-corrected chi connectivity index (χ3v) is 5.47. The zero-order valence-corrected chi connectivity index (χ0v) is 17.1. The van der Waals surface area contributed by atoms with Gasteiger partial charge in [-0.1, -0.05) is 56.3 Å². The van der Waals surface area contributed by atoms with Crippen LogP contribution in [0.15, 0.2) is 59.8 Å². The van der Waals surface area contributed by atoms with E-state index in [-0.39, 0.29) is 23.7 Å². The molecule has 1 aromatic heterocycles. The molecule has 148 valence electrons. The molecule has 3 rings (SSSR count). The van der Waals surface area contributed by atoms with Gasteiger partial charge in [0, 0.05) is 6.26 Å². The van der Waals surface area contributed by atoms with Gasteiger partial charge in [-0.15, -0.1) is 0 Å². The number of imidazole rings is 1. The summed E-state index contributed by atoms with van der Waals surface area (Å²) in [4.78, 5) is 17.1. The first-order valence-corrected chi connectivity index (χ1v) is 11.1. The number of rotatable bonds is 7. The predicted molar refractivity (Wildman–Crippen MR) is 110 cm³/mol. The van der Waals surface area contributed by atoms with Crippen LogP contribution in [0.5, 0.6) is 0 Å². The van der Waals surface area contributed by atoms with E-state index in [1.165, 1.54) is 4.57 Å². The maximum Gasteiger partial charge on any atom is 0.240 e. The molecule has 6 nitrogen and oxygen atoms in total. The molecule has 7 heteroatoms. The first kappa shape index (κ1) is 20.1. The summed E-state index contributed by atoms with van der Waals surface area (Å²) in [7, 11) is -3.57. The normalized spacial score (nSPS) is 13.0. The second-order valence-electron chi connectivity index (χ2n) is 7.40. The number of carbonyl (C=O) groups is 1. The second kappa shape index (κ2) is 8.14. The largest absolute Gasteiger partial charge is 0.348 e. The molecule has 0 saturated heterocycles. The fourth-order valence-electron chi connectivity index (χ4n) is 3.31. The molecular formula is C21H25N3O3S.